The van der Waals surface area contributed by atoms with Gasteiger partial charge in [0.2, 0.25) is 5.91 Å². The molecule has 0 bridgehead atoms. The van der Waals surface area contributed by atoms with Crippen LogP contribution in [0.15, 0.2) is 24.3 Å². The number of halogens is 1. The SMILES string of the molecule is CNCCCNC(=O)CCNc1ccccc1[N+](=O)[O-].Cl. The van der Waals surface area contributed by atoms with Gasteiger partial charge in [0, 0.05) is 25.6 Å². The van der Waals surface area contributed by atoms with Crippen molar-refractivity contribution in [1.29, 1.82) is 0 Å². The Hall–Kier alpha value is -1.86. The molecule has 1 aromatic rings. The molecular formula is C13H21ClN4O3. The standard InChI is InChI=1S/C13H20N4O3.ClH/c1-14-8-4-9-16-13(18)7-10-15-11-5-2-3-6-12(11)17(19)20;/h2-3,5-6,14-15H,4,7-10H2,1H3,(H,16,18);1H. The maximum Gasteiger partial charge on any atom is 0.292 e. The molecule has 1 amide bonds. The lowest BCUT2D eigenvalue weighted by Gasteiger charge is -2.07. The second kappa shape index (κ2) is 10.9. The number of amides is 1. The van der Waals surface area contributed by atoms with E-state index in [4.69, 9.17) is 0 Å². The van der Waals surface area contributed by atoms with E-state index < -0.39 is 4.92 Å². The Bertz CT molecular complexity index is 457. The average molecular weight is 317 g/mol. The summed E-state index contributed by atoms with van der Waals surface area (Å²) in [5, 5.41) is 19.5. The van der Waals surface area contributed by atoms with Crippen LogP contribution in [-0.4, -0.2) is 37.5 Å². The zero-order chi connectivity index (χ0) is 14.8. The van der Waals surface area contributed by atoms with Crippen LogP contribution in [0.2, 0.25) is 0 Å². The van der Waals surface area contributed by atoms with Crippen molar-refractivity contribution in [3.8, 4) is 0 Å². The van der Waals surface area contributed by atoms with E-state index in [0.717, 1.165) is 13.0 Å². The molecule has 118 valence electrons. The molecule has 0 unspecified atom stereocenters. The molecule has 0 aliphatic heterocycles. The maximum atomic E-state index is 11.5. The van der Waals surface area contributed by atoms with Crippen LogP contribution in [0, 0.1) is 10.1 Å². The number of nitrogens with zero attached hydrogens (tertiary/aromatic N) is 1. The fraction of sp³-hybridized carbons (Fsp3) is 0.462. The minimum atomic E-state index is -0.444. The van der Waals surface area contributed by atoms with Crippen LogP contribution in [0.1, 0.15) is 12.8 Å². The van der Waals surface area contributed by atoms with E-state index in [2.05, 4.69) is 16.0 Å². The Morgan fingerprint density at radius 1 is 1.24 bits per heavy atom. The largest absolute Gasteiger partial charge is 0.379 e. The van der Waals surface area contributed by atoms with E-state index in [0.29, 0.717) is 18.8 Å². The van der Waals surface area contributed by atoms with E-state index in [1.807, 2.05) is 7.05 Å². The van der Waals surface area contributed by atoms with Gasteiger partial charge in [0.15, 0.2) is 0 Å². The molecule has 1 aromatic carbocycles. The predicted molar refractivity (Wildman–Crippen MR) is 85.0 cm³/mol. The molecule has 0 fully saturated rings. The summed E-state index contributed by atoms with van der Waals surface area (Å²) in [4.78, 5) is 21.9. The van der Waals surface area contributed by atoms with E-state index in [1.54, 1.807) is 18.2 Å². The van der Waals surface area contributed by atoms with Crippen LogP contribution in [-0.2, 0) is 4.79 Å². The molecule has 0 atom stereocenters. The lowest BCUT2D eigenvalue weighted by Crippen LogP contribution is -2.28. The van der Waals surface area contributed by atoms with Crippen LogP contribution in [0.25, 0.3) is 0 Å². The van der Waals surface area contributed by atoms with Crippen molar-refractivity contribution < 1.29 is 9.72 Å². The number of para-hydroxylation sites is 2. The summed E-state index contributed by atoms with van der Waals surface area (Å²) in [6, 6.07) is 6.38. The first-order chi connectivity index (χ1) is 9.65. The molecule has 0 aromatic heterocycles. The zero-order valence-electron chi connectivity index (χ0n) is 11.9. The fourth-order valence-electron chi connectivity index (χ4n) is 1.67. The van der Waals surface area contributed by atoms with Crippen molar-refractivity contribution in [3.05, 3.63) is 34.4 Å². The minimum absolute atomic E-state index is 0. The molecule has 0 aliphatic carbocycles. The van der Waals surface area contributed by atoms with Gasteiger partial charge in [-0.1, -0.05) is 12.1 Å². The second-order valence-corrected chi connectivity index (χ2v) is 4.26. The maximum absolute atomic E-state index is 11.5. The second-order valence-electron chi connectivity index (χ2n) is 4.26. The third-order valence-electron chi connectivity index (χ3n) is 2.69. The smallest absolute Gasteiger partial charge is 0.292 e. The third-order valence-corrected chi connectivity index (χ3v) is 2.69. The molecule has 1 rings (SSSR count). The first kappa shape index (κ1) is 19.1. The van der Waals surface area contributed by atoms with E-state index in [1.165, 1.54) is 6.07 Å². The first-order valence-electron chi connectivity index (χ1n) is 6.53. The summed E-state index contributed by atoms with van der Waals surface area (Å²) in [7, 11) is 1.86. The van der Waals surface area contributed by atoms with Crippen molar-refractivity contribution in [1.82, 2.24) is 10.6 Å². The average Bonchev–Trinajstić information content (AvgIpc) is 2.44. The van der Waals surface area contributed by atoms with Crippen LogP contribution in [0.3, 0.4) is 0 Å². The zero-order valence-corrected chi connectivity index (χ0v) is 12.7. The van der Waals surface area contributed by atoms with Gasteiger partial charge < -0.3 is 16.0 Å². The monoisotopic (exact) mass is 316 g/mol. The van der Waals surface area contributed by atoms with Gasteiger partial charge in [-0.3, -0.25) is 14.9 Å². The van der Waals surface area contributed by atoms with E-state index >= 15 is 0 Å². The number of carbonyl (C=O) groups excluding carboxylic acids is 1. The molecule has 0 radical (unpaired) electrons. The van der Waals surface area contributed by atoms with E-state index in [-0.39, 0.29) is 30.4 Å². The molecule has 0 heterocycles. The number of carbonyl (C=O) groups is 1. The highest BCUT2D eigenvalue weighted by molar-refractivity contribution is 5.85. The Morgan fingerprint density at radius 3 is 2.62 bits per heavy atom. The van der Waals surface area contributed by atoms with Gasteiger partial charge in [-0.05, 0) is 26.1 Å². The summed E-state index contributed by atoms with van der Waals surface area (Å²) in [6.07, 6.45) is 1.16. The van der Waals surface area contributed by atoms with Crippen molar-refractivity contribution in [3.63, 3.8) is 0 Å². The number of nitro benzene ring substituents is 1. The predicted octanol–water partition coefficient (Wildman–Crippen LogP) is 1.54. The molecule has 21 heavy (non-hydrogen) atoms. The highest BCUT2D eigenvalue weighted by Crippen LogP contribution is 2.22. The Kier molecular flexibility index (Phi) is 9.91. The van der Waals surface area contributed by atoms with E-state index in [9.17, 15) is 14.9 Å². The van der Waals surface area contributed by atoms with Crippen LogP contribution >= 0.6 is 12.4 Å². The molecule has 0 spiro atoms. The molecule has 0 saturated carbocycles. The van der Waals surface area contributed by atoms with Crippen LogP contribution in [0.4, 0.5) is 11.4 Å². The summed E-state index contributed by atoms with van der Waals surface area (Å²) in [6.45, 7) is 1.85. The molecule has 7 nitrogen and oxygen atoms in total. The number of anilines is 1. The van der Waals surface area contributed by atoms with Gasteiger partial charge in [0.05, 0.1) is 4.92 Å². The lowest BCUT2D eigenvalue weighted by atomic mass is 10.2. The van der Waals surface area contributed by atoms with Crippen molar-refractivity contribution >= 4 is 29.7 Å². The highest BCUT2D eigenvalue weighted by atomic mass is 35.5. The topological polar surface area (TPSA) is 96.3 Å². The minimum Gasteiger partial charge on any atom is -0.379 e. The number of hydrogen-bond acceptors (Lipinski definition) is 5. The van der Waals surface area contributed by atoms with Gasteiger partial charge in [0.1, 0.15) is 5.69 Å². The highest BCUT2D eigenvalue weighted by Gasteiger charge is 2.11. The third kappa shape index (κ3) is 7.48. The quantitative estimate of drug-likeness (QED) is 0.365. The van der Waals surface area contributed by atoms with Crippen molar-refractivity contribution in [2.75, 3.05) is 32.0 Å². The molecule has 0 aliphatic rings. The number of nitrogens with one attached hydrogen (secondary N) is 3. The van der Waals surface area contributed by atoms with Crippen LogP contribution in [0.5, 0.6) is 0 Å². The summed E-state index contributed by atoms with van der Waals surface area (Å²) in [5.74, 6) is -0.0628. The number of nitro groups is 1. The number of rotatable bonds is 9. The number of hydrogen-bond donors (Lipinski definition) is 3. The molecule has 0 saturated heterocycles. The van der Waals surface area contributed by atoms with Gasteiger partial charge in [0.25, 0.3) is 5.69 Å². The van der Waals surface area contributed by atoms with Gasteiger partial charge in [-0.25, -0.2) is 0 Å². The normalized spacial score (nSPS) is 9.57. The Labute approximate surface area is 130 Å². The van der Waals surface area contributed by atoms with Crippen LogP contribution < -0.4 is 16.0 Å². The summed E-state index contributed by atoms with van der Waals surface area (Å²) < 4.78 is 0. The van der Waals surface area contributed by atoms with Crippen molar-refractivity contribution in [2.24, 2.45) is 0 Å². The summed E-state index contributed by atoms with van der Waals surface area (Å²) >= 11 is 0. The van der Waals surface area contributed by atoms with Gasteiger partial charge in [-0.2, -0.15) is 0 Å². The summed E-state index contributed by atoms with van der Waals surface area (Å²) in [5.41, 5.74) is 0.447. The van der Waals surface area contributed by atoms with Crippen molar-refractivity contribution in [2.45, 2.75) is 12.8 Å². The Morgan fingerprint density at radius 2 is 1.95 bits per heavy atom. The first-order valence-corrected chi connectivity index (χ1v) is 6.53. The molecule has 8 heteroatoms. The Balaban J connectivity index is 0.00000400. The lowest BCUT2D eigenvalue weighted by molar-refractivity contribution is -0.384. The fourth-order valence-corrected chi connectivity index (χ4v) is 1.67. The molecule has 3 N–H and O–H groups in total. The van der Waals surface area contributed by atoms with Gasteiger partial charge >= 0.3 is 0 Å². The van der Waals surface area contributed by atoms with Gasteiger partial charge in [-0.15, -0.1) is 12.4 Å². The number of benzene rings is 1. The molecular weight excluding hydrogens is 296 g/mol.